The lowest BCUT2D eigenvalue weighted by molar-refractivity contribution is -0.122. The molecule has 0 spiro atoms. The second-order valence-electron chi connectivity index (χ2n) is 9.29. The zero-order chi connectivity index (χ0) is 23.3. The third-order valence-electron chi connectivity index (χ3n) is 7.08. The van der Waals surface area contributed by atoms with Crippen molar-refractivity contribution in [3.63, 3.8) is 0 Å². The number of aromatic nitrogens is 1. The number of carbonyl (C=O) groups is 3. The molecule has 178 valence electrons. The molecule has 2 fully saturated rings. The first-order chi connectivity index (χ1) is 15.3. The van der Waals surface area contributed by atoms with Crippen molar-refractivity contribution < 1.29 is 19.1 Å². The van der Waals surface area contributed by atoms with E-state index in [0.29, 0.717) is 60.5 Å². The molecule has 1 atom stereocenters. The van der Waals surface area contributed by atoms with Crippen molar-refractivity contribution in [3.05, 3.63) is 22.5 Å². The van der Waals surface area contributed by atoms with Gasteiger partial charge in [-0.2, -0.15) is 0 Å². The number of aryl methyl sites for hydroxylation is 1. The second kappa shape index (κ2) is 11.0. The summed E-state index contributed by atoms with van der Waals surface area (Å²) in [4.78, 5) is 44.7. The SMILES string of the molecule is COC(=O)c1c(C)[nH]c(C(=O)N2CCC(CC(=O)NCCN3CCCC[C@@H]3C)CC2)c1C. The van der Waals surface area contributed by atoms with Crippen LogP contribution in [0.3, 0.4) is 0 Å². The van der Waals surface area contributed by atoms with Crippen LogP contribution in [-0.4, -0.2) is 78.4 Å². The molecule has 3 heterocycles. The highest BCUT2D eigenvalue weighted by molar-refractivity contribution is 6.00. The van der Waals surface area contributed by atoms with Gasteiger partial charge in [-0.3, -0.25) is 14.5 Å². The molecule has 0 unspecified atom stereocenters. The molecule has 0 bridgehead atoms. The summed E-state index contributed by atoms with van der Waals surface area (Å²) in [6.07, 6.45) is 5.94. The Morgan fingerprint density at radius 1 is 1.09 bits per heavy atom. The number of amides is 2. The number of esters is 1. The van der Waals surface area contributed by atoms with Crippen molar-refractivity contribution in [1.29, 1.82) is 0 Å². The molecule has 8 heteroatoms. The monoisotopic (exact) mass is 446 g/mol. The van der Waals surface area contributed by atoms with Crippen molar-refractivity contribution in [2.45, 2.75) is 65.3 Å². The minimum Gasteiger partial charge on any atom is -0.465 e. The zero-order valence-corrected chi connectivity index (χ0v) is 20.0. The lowest BCUT2D eigenvalue weighted by atomic mass is 9.93. The van der Waals surface area contributed by atoms with Gasteiger partial charge in [-0.25, -0.2) is 4.79 Å². The Bertz CT molecular complexity index is 826. The first-order valence-corrected chi connectivity index (χ1v) is 11.9. The average molecular weight is 447 g/mol. The van der Waals surface area contributed by atoms with Gasteiger partial charge in [-0.1, -0.05) is 6.42 Å². The van der Waals surface area contributed by atoms with Crippen LogP contribution in [0.5, 0.6) is 0 Å². The van der Waals surface area contributed by atoms with Gasteiger partial charge in [0.15, 0.2) is 0 Å². The van der Waals surface area contributed by atoms with E-state index in [4.69, 9.17) is 4.74 Å². The maximum absolute atomic E-state index is 13.0. The first-order valence-electron chi connectivity index (χ1n) is 11.9. The molecule has 1 aromatic rings. The van der Waals surface area contributed by atoms with E-state index in [1.165, 1.54) is 26.4 Å². The molecule has 2 aliphatic heterocycles. The predicted octanol–water partition coefficient (Wildman–Crippen LogP) is 2.65. The Morgan fingerprint density at radius 3 is 2.47 bits per heavy atom. The van der Waals surface area contributed by atoms with Gasteiger partial charge >= 0.3 is 5.97 Å². The summed E-state index contributed by atoms with van der Waals surface area (Å²) in [7, 11) is 1.34. The minimum atomic E-state index is -0.435. The number of nitrogens with one attached hydrogen (secondary N) is 2. The van der Waals surface area contributed by atoms with Crippen molar-refractivity contribution >= 4 is 17.8 Å². The summed E-state index contributed by atoms with van der Waals surface area (Å²) in [5, 5.41) is 3.08. The second-order valence-corrected chi connectivity index (χ2v) is 9.29. The van der Waals surface area contributed by atoms with Crippen LogP contribution in [0.1, 0.15) is 77.6 Å². The molecule has 3 rings (SSSR count). The Kier molecular flexibility index (Phi) is 8.34. The highest BCUT2D eigenvalue weighted by Crippen LogP contribution is 2.25. The van der Waals surface area contributed by atoms with Crippen LogP contribution in [0.4, 0.5) is 0 Å². The number of nitrogens with zero attached hydrogens (tertiary/aromatic N) is 2. The lowest BCUT2D eigenvalue weighted by Crippen LogP contribution is -2.43. The van der Waals surface area contributed by atoms with E-state index >= 15 is 0 Å². The first kappa shape index (κ1) is 24.3. The highest BCUT2D eigenvalue weighted by Gasteiger charge is 2.29. The van der Waals surface area contributed by atoms with Crippen molar-refractivity contribution in [1.82, 2.24) is 20.1 Å². The molecular weight excluding hydrogens is 408 g/mol. The maximum atomic E-state index is 13.0. The van der Waals surface area contributed by atoms with Gasteiger partial charge in [0, 0.05) is 44.3 Å². The average Bonchev–Trinajstić information content (AvgIpc) is 3.08. The van der Waals surface area contributed by atoms with Crippen LogP contribution in [0.25, 0.3) is 0 Å². The normalized spacial score (nSPS) is 20.2. The molecule has 0 saturated carbocycles. The fraction of sp³-hybridized carbons (Fsp3) is 0.708. The Balaban J connectivity index is 1.43. The molecule has 2 N–H and O–H groups in total. The Morgan fingerprint density at radius 2 is 1.81 bits per heavy atom. The molecule has 1 aromatic heterocycles. The standard InChI is InChI=1S/C24H38N4O4/c1-16-7-5-6-11-27(16)14-10-25-20(29)15-19-8-12-28(13-9-19)23(30)22-17(2)21(18(3)26-22)24(31)32-4/h16,19,26H,5-15H2,1-4H3,(H,25,29)/t16-/m0/s1. The fourth-order valence-electron chi connectivity index (χ4n) is 5.03. The number of rotatable bonds is 7. The van der Waals surface area contributed by atoms with E-state index in [2.05, 4.69) is 22.1 Å². The van der Waals surface area contributed by atoms with Crippen molar-refractivity contribution in [3.8, 4) is 0 Å². The summed E-state index contributed by atoms with van der Waals surface area (Å²) in [6, 6.07) is 0.610. The zero-order valence-electron chi connectivity index (χ0n) is 20.0. The molecule has 32 heavy (non-hydrogen) atoms. The number of likely N-dealkylation sites (tertiary alicyclic amines) is 2. The van der Waals surface area contributed by atoms with Crippen LogP contribution < -0.4 is 5.32 Å². The third-order valence-corrected chi connectivity index (χ3v) is 7.08. The van der Waals surface area contributed by atoms with Gasteiger partial charge in [-0.05, 0) is 64.5 Å². The van der Waals surface area contributed by atoms with Crippen molar-refractivity contribution in [2.24, 2.45) is 5.92 Å². The lowest BCUT2D eigenvalue weighted by Gasteiger charge is -2.33. The molecule has 0 radical (unpaired) electrons. The van der Waals surface area contributed by atoms with E-state index in [9.17, 15) is 14.4 Å². The van der Waals surface area contributed by atoms with Gasteiger partial charge in [0.1, 0.15) is 5.69 Å². The van der Waals surface area contributed by atoms with Crippen molar-refractivity contribution in [2.75, 3.05) is 39.8 Å². The van der Waals surface area contributed by atoms with Gasteiger partial charge in [0.05, 0.1) is 12.7 Å². The molecule has 0 aliphatic carbocycles. The fourth-order valence-corrected chi connectivity index (χ4v) is 5.03. The van der Waals surface area contributed by atoms with E-state index in [-0.39, 0.29) is 11.8 Å². The number of ether oxygens (including phenoxy) is 1. The summed E-state index contributed by atoms with van der Waals surface area (Å²) < 4.78 is 4.83. The number of hydrogen-bond donors (Lipinski definition) is 2. The largest absolute Gasteiger partial charge is 0.465 e. The number of H-pyrrole nitrogens is 1. The van der Waals surface area contributed by atoms with E-state index in [1.54, 1.807) is 13.8 Å². The molecule has 8 nitrogen and oxygen atoms in total. The summed E-state index contributed by atoms with van der Waals surface area (Å²) in [5.74, 6) is -0.128. The van der Waals surface area contributed by atoms with Gasteiger partial charge in [0.25, 0.3) is 5.91 Å². The van der Waals surface area contributed by atoms with Crippen LogP contribution in [0, 0.1) is 19.8 Å². The quantitative estimate of drug-likeness (QED) is 0.628. The van der Waals surface area contributed by atoms with Gasteiger partial charge < -0.3 is 19.9 Å². The molecule has 2 amide bonds. The van der Waals surface area contributed by atoms with E-state index in [1.807, 2.05) is 4.90 Å². The molecular formula is C24H38N4O4. The molecule has 2 aliphatic rings. The number of hydrogen-bond acceptors (Lipinski definition) is 5. The summed E-state index contributed by atoms with van der Waals surface area (Å²) in [6.45, 7) is 9.79. The predicted molar refractivity (Wildman–Crippen MR) is 123 cm³/mol. The summed E-state index contributed by atoms with van der Waals surface area (Å²) >= 11 is 0. The number of aromatic amines is 1. The van der Waals surface area contributed by atoms with Gasteiger partial charge in [-0.15, -0.1) is 0 Å². The van der Waals surface area contributed by atoms with Crippen LogP contribution in [0.2, 0.25) is 0 Å². The molecule has 2 saturated heterocycles. The molecule has 0 aromatic carbocycles. The van der Waals surface area contributed by atoms with Crippen LogP contribution in [0.15, 0.2) is 0 Å². The topological polar surface area (TPSA) is 94.7 Å². The number of methoxy groups -OCH3 is 1. The Labute approximate surface area is 191 Å². The minimum absolute atomic E-state index is 0.0979. The summed E-state index contributed by atoms with van der Waals surface area (Å²) in [5.41, 5.74) is 2.15. The highest BCUT2D eigenvalue weighted by atomic mass is 16.5. The Hall–Kier alpha value is -2.35. The number of piperidine rings is 2. The van der Waals surface area contributed by atoms with Gasteiger partial charge in [0.2, 0.25) is 5.91 Å². The maximum Gasteiger partial charge on any atom is 0.339 e. The van der Waals surface area contributed by atoms with E-state index in [0.717, 1.165) is 25.9 Å². The van der Waals surface area contributed by atoms with Crippen LogP contribution in [-0.2, 0) is 9.53 Å². The van der Waals surface area contributed by atoms with Crippen LogP contribution >= 0.6 is 0 Å². The smallest absolute Gasteiger partial charge is 0.339 e. The number of carbonyl (C=O) groups excluding carboxylic acids is 3. The van der Waals surface area contributed by atoms with E-state index < -0.39 is 5.97 Å². The third kappa shape index (κ3) is 5.71.